The van der Waals surface area contributed by atoms with Crippen LogP contribution >= 0.6 is 11.8 Å². The van der Waals surface area contributed by atoms with E-state index < -0.39 is 36.0 Å². The second-order valence-electron chi connectivity index (χ2n) is 12.3. The second-order valence-corrected chi connectivity index (χ2v) is 13.3. The number of halogens is 3. The molecule has 0 saturated heterocycles. The lowest BCUT2D eigenvalue weighted by atomic mass is 10.1. The van der Waals surface area contributed by atoms with E-state index in [1.165, 1.54) is 35.3 Å². The molecule has 0 radical (unpaired) electrons. The van der Waals surface area contributed by atoms with Gasteiger partial charge in [-0.1, -0.05) is 54.2 Å². The van der Waals surface area contributed by atoms with Crippen molar-refractivity contribution in [1.29, 1.82) is 0 Å². The summed E-state index contributed by atoms with van der Waals surface area (Å²) in [7, 11) is 0. The molecule has 53 heavy (non-hydrogen) atoms. The van der Waals surface area contributed by atoms with Crippen molar-refractivity contribution in [3.05, 3.63) is 89.7 Å². The average Bonchev–Trinajstić information content (AvgIpc) is 3.56. The van der Waals surface area contributed by atoms with Gasteiger partial charge in [-0.2, -0.15) is 5.10 Å². The molecule has 1 aromatic heterocycles. The second kappa shape index (κ2) is 17.5. The van der Waals surface area contributed by atoms with Crippen molar-refractivity contribution in [1.82, 2.24) is 30.8 Å². The Bertz CT molecular complexity index is 1940. The molecule has 280 valence electrons. The first-order chi connectivity index (χ1) is 25.0. The van der Waals surface area contributed by atoms with Gasteiger partial charge in [0.1, 0.15) is 23.7 Å². The largest absolute Gasteiger partial charge is 0.573 e. The lowest BCUT2D eigenvalue weighted by molar-refractivity contribution is -0.274. The number of alkyl halides is 3. The molecule has 3 aromatic carbocycles. The summed E-state index contributed by atoms with van der Waals surface area (Å²) in [4.78, 5) is 45.4. The molecule has 0 aliphatic carbocycles. The van der Waals surface area contributed by atoms with Crippen molar-refractivity contribution >= 4 is 46.8 Å². The standard InChI is InChI=1S/C35H37F3N8O6S/c1-21-7-6-8-22(2)29(21)43-32(53-19-28(47)39-18-27(31(48)49)42-33(50)52-34(3,4)5)44-41-17-23-9-11-24(12-10-23)30-40-20-46(45-30)25-13-15-26(16-14-25)51-35(36,37)38/h6-17,20,27H,18-19H2,1-5H3,(H,39,47)(H,42,50)(H,43,44)(H,48,49)/b41-17-. The molecule has 0 spiro atoms. The maximum absolute atomic E-state index is 12.7. The van der Waals surface area contributed by atoms with Crippen LogP contribution < -0.4 is 20.8 Å². The number of aromatic nitrogens is 3. The fourth-order valence-corrected chi connectivity index (χ4v) is 5.07. The van der Waals surface area contributed by atoms with Crippen molar-refractivity contribution in [3.8, 4) is 22.8 Å². The third-order valence-electron chi connectivity index (χ3n) is 6.85. The Balaban J connectivity index is 1.39. The van der Waals surface area contributed by atoms with Gasteiger partial charge >= 0.3 is 18.4 Å². The minimum atomic E-state index is -4.79. The van der Waals surface area contributed by atoms with E-state index in [-0.39, 0.29) is 18.0 Å². The molecule has 4 N–H and O–H groups in total. The first-order valence-corrected chi connectivity index (χ1v) is 16.9. The zero-order valence-corrected chi connectivity index (χ0v) is 30.1. The number of carboxylic acids is 1. The Kier molecular flexibility index (Phi) is 13.2. The van der Waals surface area contributed by atoms with E-state index in [2.05, 4.69) is 36.0 Å². The van der Waals surface area contributed by atoms with Crippen LogP contribution in [0.3, 0.4) is 0 Å². The first kappa shape index (κ1) is 39.9. The van der Waals surface area contributed by atoms with Gasteiger partial charge in [0.25, 0.3) is 0 Å². The molecular weight excluding hydrogens is 717 g/mol. The van der Waals surface area contributed by atoms with E-state index in [0.717, 1.165) is 22.9 Å². The van der Waals surface area contributed by atoms with Crippen LogP contribution in [0.25, 0.3) is 17.1 Å². The van der Waals surface area contributed by atoms with Gasteiger partial charge in [0.05, 0.1) is 23.3 Å². The third-order valence-corrected chi connectivity index (χ3v) is 7.72. The molecule has 1 unspecified atom stereocenters. The predicted octanol–water partition coefficient (Wildman–Crippen LogP) is 5.89. The van der Waals surface area contributed by atoms with Crippen LogP contribution in [-0.4, -0.2) is 79.5 Å². The number of aryl methyl sites for hydroxylation is 2. The Morgan fingerprint density at radius 2 is 1.66 bits per heavy atom. The highest BCUT2D eigenvalue weighted by Gasteiger charge is 2.31. The molecule has 1 atom stereocenters. The van der Waals surface area contributed by atoms with Gasteiger partial charge < -0.3 is 25.2 Å². The van der Waals surface area contributed by atoms with E-state index in [1.54, 1.807) is 51.3 Å². The number of carbonyl (C=O) groups is 3. The highest BCUT2D eigenvalue weighted by atomic mass is 32.2. The lowest BCUT2D eigenvalue weighted by Gasteiger charge is -2.22. The van der Waals surface area contributed by atoms with E-state index in [0.29, 0.717) is 33.5 Å². The van der Waals surface area contributed by atoms with Crippen LogP contribution in [0.5, 0.6) is 5.75 Å². The van der Waals surface area contributed by atoms with Crippen LogP contribution in [0, 0.1) is 13.8 Å². The number of hydrogen-bond acceptors (Lipinski definition) is 10. The fraction of sp³-hybridized carbons (Fsp3) is 0.286. The Labute approximate surface area is 306 Å². The van der Waals surface area contributed by atoms with Gasteiger partial charge in [-0.3, -0.25) is 10.2 Å². The zero-order chi connectivity index (χ0) is 38.8. The number of carboxylic acid groups (broad SMARTS) is 1. The number of ether oxygens (including phenoxy) is 2. The zero-order valence-electron chi connectivity index (χ0n) is 29.3. The van der Waals surface area contributed by atoms with Crippen LogP contribution in [-0.2, 0) is 14.3 Å². The van der Waals surface area contributed by atoms with E-state index >= 15 is 0 Å². The van der Waals surface area contributed by atoms with E-state index in [9.17, 15) is 32.7 Å². The van der Waals surface area contributed by atoms with Gasteiger partial charge in [0.2, 0.25) is 5.91 Å². The Morgan fingerprint density at radius 1 is 1.00 bits per heavy atom. The first-order valence-electron chi connectivity index (χ1n) is 15.9. The monoisotopic (exact) mass is 754 g/mol. The van der Waals surface area contributed by atoms with Crippen molar-refractivity contribution in [2.24, 2.45) is 10.1 Å². The number of hydrazone groups is 1. The number of alkyl carbamates (subject to hydrolysis) is 1. The SMILES string of the molecule is Cc1cccc(C)c1N=C(N/N=C\c1ccc(-c2ncn(-c3ccc(OC(F)(F)F)cc3)n2)cc1)SCC(=O)NCC(NC(=O)OC(C)(C)C)C(=O)O. The number of amidine groups is 1. The number of aliphatic carboxylic acids is 1. The van der Waals surface area contributed by atoms with Gasteiger partial charge in [0, 0.05) is 12.1 Å². The topological polar surface area (TPSA) is 181 Å². The summed E-state index contributed by atoms with van der Waals surface area (Å²) in [6, 6.07) is 16.6. The summed E-state index contributed by atoms with van der Waals surface area (Å²) < 4.78 is 47.8. The molecule has 2 amide bonds. The molecular formula is C35H37F3N8O6S. The molecule has 14 nitrogen and oxygen atoms in total. The molecule has 0 fully saturated rings. The number of carbonyl (C=O) groups excluding carboxylic acids is 2. The number of aliphatic imine (C=N–C) groups is 1. The van der Waals surface area contributed by atoms with Crippen molar-refractivity contribution < 1.29 is 42.1 Å². The van der Waals surface area contributed by atoms with E-state index in [4.69, 9.17) is 9.73 Å². The molecule has 0 aliphatic rings. The Hall–Kier alpha value is -5.91. The molecule has 4 rings (SSSR count). The summed E-state index contributed by atoms with van der Waals surface area (Å²) in [5, 5.41) is 23.2. The van der Waals surface area contributed by atoms with Crippen LogP contribution in [0.2, 0.25) is 0 Å². The molecule has 0 bridgehead atoms. The van der Waals surface area contributed by atoms with Crippen molar-refractivity contribution in [2.45, 2.75) is 52.6 Å². The van der Waals surface area contributed by atoms with Crippen LogP contribution in [0.15, 0.2) is 83.2 Å². The maximum atomic E-state index is 12.7. The molecule has 1 heterocycles. The number of nitrogens with zero attached hydrogens (tertiary/aromatic N) is 5. The van der Waals surface area contributed by atoms with Crippen molar-refractivity contribution in [2.75, 3.05) is 12.3 Å². The maximum Gasteiger partial charge on any atom is 0.573 e. The van der Waals surface area contributed by atoms with Crippen molar-refractivity contribution in [3.63, 3.8) is 0 Å². The number of rotatable bonds is 12. The van der Waals surface area contributed by atoms with Gasteiger partial charge in [-0.15, -0.1) is 18.3 Å². The van der Waals surface area contributed by atoms with Gasteiger partial charge in [-0.05, 0) is 75.6 Å². The number of thioether (sulfide) groups is 1. The van der Waals surface area contributed by atoms with Gasteiger partial charge in [0.15, 0.2) is 11.0 Å². The average molecular weight is 755 g/mol. The van der Waals surface area contributed by atoms with Crippen LogP contribution in [0.4, 0.5) is 23.7 Å². The Morgan fingerprint density at radius 3 is 2.26 bits per heavy atom. The van der Waals surface area contributed by atoms with E-state index in [1.807, 2.05) is 32.0 Å². The molecule has 0 aliphatic heterocycles. The molecule has 18 heteroatoms. The normalized spacial score (nSPS) is 12.6. The number of benzene rings is 3. The number of hydrogen-bond donors (Lipinski definition) is 4. The smallest absolute Gasteiger partial charge is 0.480 e. The third kappa shape index (κ3) is 13.0. The summed E-state index contributed by atoms with van der Waals surface area (Å²) in [6.07, 6.45) is -2.73. The molecule has 0 saturated carbocycles. The summed E-state index contributed by atoms with van der Waals surface area (Å²) in [5.74, 6) is -1.96. The highest BCUT2D eigenvalue weighted by Crippen LogP contribution is 2.25. The molecule has 4 aromatic rings. The minimum Gasteiger partial charge on any atom is -0.480 e. The number of para-hydroxylation sites is 1. The summed E-state index contributed by atoms with van der Waals surface area (Å²) in [5.41, 5.74) is 6.39. The number of amides is 2. The van der Waals surface area contributed by atoms with Crippen LogP contribution in [0.1, 0.15) is 37.5 Å². The summed E-state index contributed by atoms with van der Waals surface area (Å²) in [6.45, 7) is 8.34. The minimum absolute atomic E-state index is 0.148. The quantitative estimate of drug-likeness (QED) is 0.0774. The highest BCUT2D eigenvalue weighted by molar-refractivity contribution is 8.14. The fourth-order valence-electron chi connectivity index (χ4n) is 4.42. The van der Waals surface area contributed by atoms with Gasteiger partial charge in [-0.25, -0.2) is 24.2 Å². The number of nitrogens with one attached hydrogen (secondary N) is 3. The predicted molar refractivity (Wildman–Crippen MR) is 193 cm³/mol. The summed E-state index contributed by atoms with van der Waals surface area (Å²) >= 11 is 1.04. The lowest BCUT2D eigenvalue weighted by Crippen LogP contribution is -2.50.